The van der Waals surface area contributed by atoms with Crippen LogP contribution in [0.2, 0.25) is 10.0 Å². The number of rotatable bonds is 3. The highest BCUT2D eigenvalue weighted by molar-refractivity contribution is 6.31. The Kier molecular flexibility index (Phi) is 5.61. The van der Waals surface area contributed by atoms with E-state index in [0.717, 1.165) is 10.2 Å². The Morgan fingerprint density at radius 3 is 2.48 bits per heavy atom. The lowest BCUT2D eigenvalue weighted by Gasteiger charge is -2.33. The van der Waals surface area contributed by atoms with Gasteiger partial charge in [0.25, 0.3) is 5.91 Å². The Bertz CT molecular complexity index is 1130. The number of alkyl halides is 3. The Balaban J connectivity index is 1.65. The fraction of sp³-hybridized carbons (Fsp3) is 0.238. The molecule has 2 N–H and O–H groups in total. The van der Waals surface area contributed by atoms with Crippen molar-refractivity contribution in [3.8, 4) is 0 Å². The predicted molar refractivity (Wildman–Crippen MR) is 114 cm³/mol. The van der Waals surface area contributed by atoms with Gasteiger partial charge in [-0.25, -0.2) is 4.68 Å². The number of hydrogen-bond acceptors (Lipinski definition) is 3. The number of carbonyl (C=O) groups excluding carboxylic acids is 1. The number of halogens is 5. The minimum absolute atomic E-state index is 0.112. The fourth-order valence-corrected chi connectivity index (χ4v) is 3.81. The molecule has 2 atom stereocenters. The number of hydrogen-bond donors (Lipinski definition) is 2. The van der Waals surface area contributed by atoms with Crippen LogP contribution in [0.15, 0.2) is 48.5 Å². The van der Waals surface area contributed by atoms with E-state index in [1.165, 1.54) is 6.07 Å². The van der Waals surface area contributed by atoms with Gasteiger partial charge in [-0.1, -0.05) is 41.4 Å². The first-order valence-corrected chi connectivity index (χ1v) is 10.1. The Morgan fingerprint density at radius 2 is 1.81 bits per heavy atom. The molecular formula is C21H17Cl2F3N4O. The van der Waals surface area contributed by atoms with Crippen molar-refractivity contribution in [2.75, 3.05) is 10.6 Å². The summed E-state index contributed by atoms with van der Waals surface area (Å²) in [6.07, 6.45) is -4.81. The van der Waals surface area contributed by atoms with Gasteiger partial charge in [-0.15, -0.1) is 0 Å². The molecule has 1 amide bonds. The maximum atomic E-state index is 13.8. The highest BCUT2D eigenvalue weighted by atomic mass is 35.5. The summed E-state index contributed by atoms with van der Waals surface area (Å²) in [5.74, 6) is -0.514. The van der Waals surface area contributed by atoms with Crippen LogP contribution in [-0.2, 0) is 0 Å². The Hall–Kier alpha value is -2.71. The van der Waals surface area contributed by atoms with Crippen LogP contribution in [0, 0.1) is 6.92 Å². The van der Waals surface area contributed by atoms with Crippen LogP contribution < -0.4 is 10.6 Å². The van der Waals surface area contributed by atoms with Crippen LogP contribution in [0.1, 0.15) is 40.1 Å². The van der Waals surface area contributed by atoms with E-state index >= 15 is 0 Å². The number of aromatic nitrogens is 2. The van der Waals surface area contributed by atoms with Crippen LogP contribution >= 0.6 is 23.2 Å². The van der Waals surface area contributed by atoms with E-state index in [0.29, 0.717) is 21.3 Å². The van der Waals surface area contributed by atoms with Crippen LogP contribution in [0.4, 0.5) is 24.7 Å². The SMILES string of the molecule is Cc1ccc(Cl)cc1NC(=O)c1cc2n(n1)[C@H](C(F)(F)F)C[C@@H](c1ccc(Cl)cc1)N2. The number of anilines is 2. The summed E-state index contributed by atoms with van der Waals surface area (Å²) in [5, 5.41) is 10.6. The van der Waals surface area contributed by atoms with Crippen LogP contribution in [0.25, 0.3) is 0 Å². The van der Waals surface area contributed by atoms with Crippen molar-refractivity contribution in [3.63, 3.8) is 0 Å². The summed E-state index contributed by atoms with van der Waals surface area (Å²) in [6.45, 7) is 1.78. The molecule has 4 rings (SSSR count). The lowest BCUT2D eigenvalue weighted by molar-refractivity contribution is -0.173. The first-order valence-electron chi connectivity index (χ1n) is 9.37. The molecule has 0 unspecified atom stereocenters. The van der Waals surface area contributed by atoms with E-state index in [1.807, 2.05) is 0 Å². The minimum atomic E-state index is -4.54. The largest absolute Gasteiger partial charge is 0.410 e. The molecule has 0 saturated carbocycles. The van der Waals surface area contributed by atoms with Gasteiger partial charge in [0.1, 0.15) is 5.82 Å². The molecule has 0 saturated heterocycles. The van der Waals surface area contributed by atoms with Gasteiger partial charge in [0, 0.05) is 28.2 Å². The molecule has 0 spiro atoms. The summed E-state index contributed by atoms with van der Waals surface area (Å²) in [7, 11) is 0. The highest BCUT2D eigenvalue weighted by Gasteiger charge is 2.46. The molecule has 162 valence electrons. The van der Waals surface area contributed by atoms with E-state index in [4.69, 9.17) is 23.2 Å². The van der Waals surface area contributed by atoms with Crippen molar-refractivity contribution in [2.24, 2.45) is 0 Å². The summed E-state index contributed by atoms with van der Waals surface area (Å²) >= 11 is 11.9. The van der Waals surface area contributed by atoms with E-state index in [2.05, 4.69) is 15.7 Å². The molecule has 1 aromatic heterocycles. The van der Waals surface area contributed by atoms with Crippen molar-refractivity contribution in [3.05, 3.63) is 75.4 Å². The molecule has 2 heterocycles. The number of carbonyl (C=O) groups is 1. The third-order valence-corrected chi connectivity index (χ3v) is 5.63. The third kappa shape index (κ3) is 4.50. The van der Waals surface area contributed by atoms with E-state index in [1.54, 1.807) is 49.4 Å². The van der Waals surface area contributed by atoms with Crippen molar-refractivity contribution < 1.29 is 18.0 Å². The van der Waals surface area contributed by atoms with Gasteiger partial charge in [-0.3, -0.25) is 4.79 Å². The topological polar surface area (TPSA) is 59.0 Å². The zero-order valence-corrected chi connectivity index (χ0v) is 17.7. The van der Waals surface area contributed by atoms with Gasteiger partial charge in [-0.05, 0) is 42.3 Å². The Morgan fingerprint density at radius 1 is 1.13 bits per heavy atom. The average molecular weight is 469 g/mol. The predicted octanol–water partition coefficient (Wildman–Crippen LogP) is 6.41. The molecule has 10 heteroatoms. The first-order chi connectivity index (χ1) is 14.6. The van der Waals surface area contributed by atoms with Crippen molar-refractivity contribution >= 4 is 40.6 Å². The fourth-order valence-electron chi connectivity index (χ4n) is 3.51. The zero-order valence-electron chi connectivity index (χ0n) is 16.2. The maximum absolute atomic E-state index is 13.8. The number of amides is 1. The molecule has 3 aromatic rings. The van der Waals surface area contributed by atoms with Crippen molar-refractivity contribution in [1.82, 2.24) is 9.78 Å². The van der Waals surface area contributed by atoms with Gasteiger partial charge in [0.15, 0.2) is 11.7 Å². The Labute approximate surface area is 186 Å². The lowest BCUT2D eigenvalue weighted by atomic mass is 9.97. The van der Waals surface area contributed by atoms with Crippen LogP contribution in [0.5, 0.6) is 0 Å². The smallest absolute Gasteiger partial charge is 0.363 e. The standard InChI is InChI=1S/C21H17Cl2F3N4O/c1-11-2-5-14(23)8-15(11)28-20(31)17-10-19-27-16(12-3-6-13(22)7-4-12)9-18(21(24,25)26)30(19)29-17/h2-8,10,16,18,27H,9H2,1H3,(H,28,31)/t16-,18-/m0/s1. The highest BCUT2D eigenvalue weighted by Crippen LogP contribution is 2.43. The van der Waals surface area contributed by atoms with E-state index < -0.39 is 24.2 Å². The summed E-state index contributed by atoms with van der Waals surface area (Å²) in [4.78, 5) is 12.7. The molecule has 0 aliphatic carbocycles. The van der Waals surface area contributed by atoms with Gasteiger partial charge in [-0.2, -0.15) is 18.3 Å². The maximum Gasteiger partial charge on any atom is 0.410 e. The number of nitrogens with one attached hydrogen (secondary N) is 2. The van der Waals surface area contributed by atoms with Gasteiger partial charge in [0.05, 0.1) is 6.04 Å². The van der Waals surface area contributed by atoms with Gasteiger partial charge < -0.3 is 10.6 Å². The zero-order chi connectivity index (χ0) is 22.3. The van der Waals surface area contributed by atoms with E-state index in [9.17, 15) is 18.0 Å². The van der Waals surface area contributed by atoms with Crippen molar-refractivity contribution in [2.45, 2.75) is 31.6 Å². The average Bonchev–Trinajstić information content (AvgIpc) is 3.14. The summed E-state index contributed by atoms with van der Waals surface area (Å²) in [6, 6.07) is 10.4. The second-order valence-corrected chi connectivity index (χ2v) is 8.19. The minimum Gasteiger partial charge on any atom is -0.363 e. The second-order valence-electron chi connectivity index (χ2n) is 7.31. The molecule has 0 bridgehead atoms. The van der Waals surface area contributed by atoms with Gasteiger partial charge in [0.2, 0.25) is 0 Å². The molecule has 2 aromatic carbocycles. The summed E-state index contributed by atoms with van der Waals surface area (Å²) < 4.78 is 42.2. The van der Waals surface area contributed by atoms with Gasteiger partial charge >= 0.3 is 6.18 Å². The van der Waals surface area contributed by atoms with Crippen LogP contribution in [-0.4, -0.2) is 21.9 Å². The number of aryl methyl sites for hydroxylation is 1. The van der Waals surface area contributed by atoms with Crippen LogP contribution in [0.3, 0.4) is 0 Å². The number of nitrogens with zero attached hydrogens (tertiary/aromatic N) is 2. The number of benzene rings is 2. The molecule has 0 radical (unpaired) electrons. The lowest BCUT2D eigenvalue weighted by Crippen LogP contribution is -2.35. The third-order valence-electron chi connectivity index (χ3n) is 5.14. The summed E-state index contributed by atoms with van der Waals surface area (Å²) in [5.41, 5.74) is 1.75. The quantitative estimate of drug-likeness (QED) is 0.466. The van der Waals surface area contributed by atoms with Crippen molar-refractivity contribution in [1.29, 1.82) is 0 Å². The molecular weight excluding hydrogens is 452 g/mol. The molecule has 31 heavy (non-hydrogen) atoms. The first kappa shape index (κ1) is 21.5. The molecule has 1 aliphatic heterocycles. The number of fused-ring (bicyclic) bond motifs is 1. The monoisotopic (exact) mass is 468 g/mol. The molecule has 0 fully saturated rings. The molecule has 5 nitrogen and oxygen atoms in total. The van der Waals surface area contributed by atoms with E-state index in [-0.39, 0.29) is 17.9 Å². The molecule has 1 aliphatic rings. The normalized spacial score (nSPS) is 18.3. The second kappa shape index (κ2) is 8.09.